The fourth-order valence-corrected chi connectivity index (χ4v) is 3.33. The molecule has 26 heavy (non-hydrogen) atoms. The largest absolute Gasteiger partial charge is 0.458 e. The van der Waals surface area contributed by atoms with Gasteiger partial charge in [0.2, 0.25) is 0 Å². The van der Waals surface area contributed by atoms with Crippen molar-refractivity contribution in [2.24, 2.45) is 5.73 Å². The Balaban J connectivity index is 2.49. The first-order valence-electron chi connectivity index (χ1n) is 7.51. The third kappa shape index (κ3) is 2.68. The van der Waals surface area contributed by atoms with Gasteiger partial charge in [0.15, 0.2) is 0 Å². The van der Waals surface area contributed by atoms with Gasteiger partial charge in [-0.05, 0) is 30.5 Å². The van der Waals surface area contributed by atoms with E-state index >= 15 is 0 Å². The highest BCUT2D eigenvalue weighted by molar-refractivity contribution is 6.33. The summed E-state index contributed by atoms with van der Waals surface area (Å²) in [6.45, 7) is 0. The second-order valence-electron chi connectivity index (χ2n) is 5.75. The van der Waals surface area contributed by atoms with E-state index in [1.54, 1.807) is 6.08 Å². The third-order valence-corrected chi connectivity index (χ3v) is 4.50. The van der Waals surface area contributed by atoms with Crippen molar-refractivity contribution in [2.75, 3.05) is 0 Å². The van der Waals surface area contributed by atoms with Gasteiger partial charge in [0.1, 0.15) is 0 Å². The summed E-state index contributed by atoms with van der Waals surface area (Å²) in [5.74, 6) is -5.18. The summed E-state index contributed by atoms with van der Waals surface area (Å²) in [5, 5.41) is -0.0759. The van der Waals surface area contributed by atoms with Gasteiger partial charge in [-0.25, -0.2) is 4.79 Å². The van der Waals surface area contributed by atoms with E-state index in [1.165, 1.54) is 30.3 Å². The van der Waals surface area contributed by atoms with Gasteiger partial charge in [-0.3, -0.25) is 4.57 Å². The molecule has 1 amide bonds. The van der Waals surface area contributed by atoms with Gasteiger partial charge in [-0.1, -0.05) is 35.9 Å². The Morgan fingerprint density at radius 1 is 1.15 bits per heavy atom. The smallest absolute Gasteiger partial charge is 0.351 e. The summed E-state index contributed by atoms with van der Waals surface area (Å²) in [6.07, 6.45) is -2.77. The number of nitrogens with two attached hydrogens (primary N) is 1. The van der Waals surface area contributed by atoms with Crippen molar-refractivity contribution in [2.45, 2.75) is 24.9 Å². The van der Waals surface area contributed by atoms with Crippen molar-refractivity contribution >= 4 is 23.7 Å². The van der Waals surface area contributed by atoms with Crippen LogP contribution in [0.15, 0.2) is 30.3 Å². The van der Waals surface area contributed by atoms with Crippen molar-refractivity contribution < 1.29 is 26.7 Å². The van der Waals surface area contributed by atoms with E-state index in [4.69, 9.17) is 17.3 Å². The van der Waals surface area contributed by atoms with Crippen LogP contribution in [0.4, 0.5) is 26.7 Å². The molecule has 138 valence electrons. The van der Waals surface area contributed by atoms with Gasteiger partial charge in [0, 0.05) is 10.6 Å². The monoisotopic (exact) mass is 390 g/mol. The van der Waals surface area contributed by atoms with Crippen LogP contribution in [0, 0.1) is 0 Å². The summed E-state index contributed by atoms with van der Waals surface area (Å²) >= 11 is 6.03. The van der Waals surface area contributed by atoms with Crippen LogP contribution in [0.2, 0.25) is 5.02 Å². The molecular weight excluding hydrogens is 379 g/mol. The first-order valence-corrected chi connectivity index (χ1v) is 7.89. The highest BCUT2D eigenvalue weighted by atomic mass is 35.5. The quantitative estimate of drug-likeness (QED) is 0.690. The number of hydrogen-bond donors (Lipinski definition) is 1. The highest BCUT2D eigenvalue weighted by Gasteiger charge is 2.61. The van der Waals surface area contributed by atoms with Gasteiger partial charge < -0.3 is 5.73 Å². The SMILES string of the molecule is NC(=O)n1c2c(c(C(F)(F)C(F)(F)F)c1-c1ccccc1Cl)CCC=C2. The van der Waals surface area contributed by atoms with Gasteiger partial charge in [-0.15, -0.1) is 0 Å². The number of nitrogens with zero attached hydrogens (tertiary/aromatic N) is 1. The van der Waals surface area contributed by atoms with E-state index in [1.807, 2.05) is 0 Å². The molecule has 1 heterocycles. The fourth-order valence-electron chi connectivity index (χ4n) is 3.11. The van der Waals surface area contributed by atoms with Crippen LogP contribution in [0.1, 0.15) is 23.2 Å². The minimum Gasteiger partial charge on any atom is -0.351 e. The molecule has 1 aromatic heterocycles. The lowest BCUT2D eigenvalue weighted by molar-refractivity contribution is -0.289. The molecule has 9 heteroatoms. The zero-order valence-corrected chi connectivity index (χ0v) is 13.8. The second-order valence-corrected chi connectivity index (χ2v) is 6.16. The molecule has 0 atom stereocenters. The number of rotatable bonds is 2. The maximum Gasteiger partial charge on any atom is 0.458 e. The average Bonchev–Trinajstić information content (AvgIpc) is 2.89. The van der Waals surface area contributed by atoms with Crippen LogP contribution in [0.5, 0.6) is 0 Å². The molecule has 0 saturated heterocycles. The Kier molecular flexibility index (Phi) is 4.34. The van der Waals surface area contributed by atoms with Crippen molar-refractivity contribution in [1.29, 1.82) is 0 Å². The summed E-state index contributed by atoms with van der Waals surface area (Å²) in [5.41, 5.74) is 2.92. The van der Waals surface area contributed by atoms with E-state index in [-0.39, 0.29) is 34.7 Å². The Bertz CT molecular complexity index is 915. The molecule has 1 aliphatic rings. The normalized spacial score (nSPS) is 14.4. The lowest BCUT2D eigenvalue weighted by Crippen LogP contribution is -2.35. The minimum absolute atomic E-state index is 0.0759. The highest BCUT2D eigenvalue weighted by Crippen LogP contribution is 2.51. The van der Waals surface area contributed by atoms with Crippen molar-refractivity contribution in [1.82, 2.24) is 4.57 Å². The number of carbonyl (C=O) groups is 1. The predicted molar refractivity (Wildman–Crippen MR) is 87.2 cm³/mol. The topological polar surface area (TPSA) is 48.0 Å². The van der Waals surface area contributed by atoms with Crippen LogP contribution >= 0.6 is 11.6 Å². The Morgan fingerprint density at radius 3 is 2.38 bits per heavy atom. The molecule has 0 unspecified atom stereocenters. The fraction of sp³-hybridized carbons (Fsp3) is 0.235. The van der Waals surface area contributed by atoms with E-state index in [0.717, 1.165) is 0 Å². The molecule has 1 aliphatic carbocycles. The lowest BCUT2D eigenvalue weighted by Gasteiger charge is -2.23. The maximum absolute atomic E-state index is 14.4. The van der Waals surface area contributed by atoms with Crippen molar-refractivity contribution in [3.8, 4) is 11.3 Å². The molecule has 3 rings (SSSR count). The summed E-state index contributed by atoms with van der Waals surface area (Å²) in [6, 6.07) is 4.34. The molecule has 0 bridgehead atoms. The Morgan fingerprint density at radius 2 is 1.81 bits per heavy atom. The molecule has 2 aromatic rings. The van der Waals surface area contributed by atoms with Crippen LogP contribution in [-0.4, -0.2) is 16.8 Å². The zero-order chi connectivity index (χ0) is 19.3. The molecule has 1 aromatic carbocycles. The van der Waals surface area contributed by atoms with Crippen molar-refractivity contribution in [3.63, 3.8) is 0 Å². The number of benzene rings is 1. The number of amides is 1. The van der Waals surface area contributed by atoms with E-state index in [9.17, 15) is 26.7 Å². The molecule has 0 aliphatic heterocycles. The van der Waals surface area contributed by atoms with Crippen LogP contribution < -0.4 is 5.73 Å². The lowest BCUT2D eigenvalue weighted by atomic mass is 9.93. The number of halogens is 6. The molecule has 0 saturated carbocycles. The second kappa shape index (κ2) is 6.12. The number of alkyl halides is 5. The van der Waals surface area contributed by atoms with E-state index in [2.05, 4.69) is 0 Å². The third-order valence-electron chi connectivity index (χ3n) is 4.17. The van der Waals surface area contributed by atoms with Gasteiger partial charge >= 0.3 is 18.1 Å². The standard InChI is InChI=1S/C17H12ClF5N2O/c18-11-7-3-1-5-9(11)14-13(16(19,20)17(21,22)23)10-6-2-4-8-12(10)25(14)15(24)26/h1,3-5,7-8H,2,6H2,(H2,24,26). The van der Waals surface area contributed by atoms with Gasteiger partial charge in [-0.2, -0.15) is 22.0 Å². The summed E-state index contributed by atoms with van der Waals surface area (Å²) in [4.78, 5) is 12.0. The number of hydrogen-bond acceptors (Lipinski definition) is 1. The molecule has 0 spiro atoms. The molecular formula is C17H12ClF5N2O. The average molecular weight is 391 g/mol. The van der Waals surface area contributed by atoms with E-state index in [0.29, 0.717) is 4.57 Å². The van der Waals surface area contributed by atoms with Crippen LogP contribution in [-0.2, 0) is 12.3 Å². The summed E-state index contributed by atoms with van der Waals surface area (Å²) in [7, 11) is 0. The molecule has 2 N–H and O–H groups in total. The molecule has 3 nitrogen and oxygen atoms in total. The van der Waals surface area contributed by atoms with Crippen molar-refractivity contribution in [3.05, 3.63) is 52.2 Å². The van der Waals surface area contributed by atoms with Gasteiger partial charge in [0.05, 0.1) is 17.0 Å². The van der Waals surface area contributed by atoms with E-state index < -0.39 is 29.4 Å². The maximum atomic E-state index is 14.4. The number of carbonyl (C=O) groups excluding carboxylic acids is 1. The number of aromatic nitrogens is 1. The van der Waals surface area contributed by atoms with Gasteiger partial charge in [0.25, 0.3) is 0 Å². The minimum atomic E-state index is -5.85. The summed E-state index contributed by atoms with van der Waals surface area (Å²) < 4.78 is 69.1. The Hall–Kier alpha value is -2.35. The number of fused-ring (bicyclic) bond motifs is 1. The number of allylic oxidation sites excluding steroid dienone is 1. The van der Waals surface area contributed by atoms with Crippen LogP contribution in [0.25, 0.3) is 17.3 Å². The molecule has 0 fully saturated rings. The zero-order valence-electron chi connectivity index (χ0n) is 13.1. The molecule has 0 radical (unpaired) electrons. The predicted octanol–water partition coefficient (Wildman–Crippen LogP) is 5.35. The number of primary amides is 1. The first-order chi connectivity index (χ1) is 12.1. The van der Waals surface area contributed by atoms with Crippen LogP contribution in [0.3, 0.4) is 0 Å². The Labute approximate surface area is 149 Å². The first kappa shape index (κ1) is 18.4.